The Labute approximate surface area is 103 Å². The largest absolute Gasteiger partial charge is 0.342 e. The Balaban J connectivity index is 2.09. The van der Waals surface area contributed by atoms with Gasteiger partial charge >= 0.3 is 0 Å². The normalized spacial score (nSPS) is 20.9. The van der Waals surface area contributed by atoms with Gasteiger partial charge in [-0.3, -0.25) is 9.78 Å². The van der Waals surface area contributed by atoms with E-state index in [1.54, 1.807) is 19.3 Å². The van der Waals surface area contributed by atoms with Crippen molar-refractivity contribution in [2.75, 3.05) is 13.1 Å². The predicted octanol–water partition coefficient (Wildman–Crippen LogP) is 1.97. The molecule has 1 saturated heterocycles. The maximum atomic E-state index is 11.3. The zero-order valence-electron chi connectivity index (χ0n) is 9.19. The number of piperidine rings is 1. The number of hydrogen-bond donors (Lipinski definition) is 0. The van der Waals surface area contributed by atoms with Crippen molar-refractivity contribution >= 4 is 21.8 Å². The van der Waals surface area contributed by atoms with Crippen LogP contribution in [0.2, 0.25) is 0 Å². The van der Waals surface area contributed by atoms with Gasteiger partial charge in [-0.25, -0.2) is 4.98 Å². The van der Waals surface area contributed by atoms with E-state index in [0.29, 0.717) is 5.92 Å². The van der Waals surface area contributed by atoms with Crippen LogP contribution in [0.5, 0.6) is 0 Å². The molecule has 0 aliphatic carbocycles. The van der Waals surface area contributed by atoms with Crippen LogP contribution in [0, 0.1) is 0 Å². The lowest BCUT2D eigenvalue weighted by Gasteiger charge is -2.31. The summed E-state index contributed by atoms with van der Waals surface area (Å²) in [7, 11) is 0. The van der Waals surface area contributed by atoms with Crippen molar-refractivity contribution in [3.8, 4) is 0 Å². The minimum absolute atomic E-state index is 0.148. The van der Waals surface area contributed by atoms with Gasteiger partial charge in [0.15, 0.2) is 0 Å². The molecule has 0 spiro atoms. The highest BCUT2D eigenvalue weighted by atomic mass is 79.9. The second kappa shape index (κ2) is 4.91. The molecule has 2 heterocycles. The molecule has 0 bridgehead atoms. The molecule has 1 aliphatic rings. The molecule has 1 aromatic heterocycles. The molecule has 1 amide bonds. The molecule has 2 rings (SSSR count). The van der Waals surface area contributed by atoms with Crippen molar-refractivity contribution < 1.29 is 4.79 Å². The Morgan fingerprint density at radius 1 is 1.50 bits per heavy atom. The molecule has 4 nitrogen and oxygen atoms in total. The van der Waals surface area contributed by atoms with Gasteiger partial charge in [-0.2, -0.15) is 0 Å². The Morgan fingerprint density at radius 2 is 2.31 bits per heavy atom. The van der Waals surface area contributed by atoms with E-state index in [9.17, 15) is 4.79 Å². The van der Waals surface area contributed by atoms with Gasteiger partial charge in [-0.1, -0.05) is 0 Å². The third-order valence-corrected chi connectivity index (χ3v) is 3.33. The number of nitrogens with zero attached hydrogens (tertiary/aromatic N) is 3. The third-order valence-electron chi connectivity index (χ3n) is 2.93. The number of hydrogen-bond acceptors (Lipinski definition) is 3. The molecule has 1 atom stereocenters. The maximum Gasteiger partial charge on any atom is 0.219 e. The number of carbonyl (C=O) groups is 1. The molecular formula is C11H14BrN3O. The average molecular weight is 284 g/mol. The Bertz CT molecular complexity index is 379. The van der Waals surface area contributed by atoms with Gasteiger partial charge in [0, 0.05) is 25.9 Å². The number of likely N-dealkylation sites (tertiary alicyclic amines) is 1. The van der Waals surface area contributed by atoms with Crippen molar-refractivity contribution in [2.45, 2.75) is 25.7 Å². The lowest BCUT2D eigenvalue weighted by atomic mass is 9.95. The molecule has 1 aromatic rings. The third kappa shape index (κ3) is 2.58. The van der Waals surface area contributed by atoms with Gasteiger partial charge in [0.05, 0.1) is 18.1 Å². The molecule has 5 heteroatoms. The van der Waals surface area contributed by atoms with E-state index in [0.717, 1.165) is 36.2 Å². The molecule has 1 aliphatic heterocycles. The molecule has 16 heavy (non-hydrogen) atoms. The number of rotatable bonds is 1. The molecule has 0 saturated carbocycles. The van der Waals surface area contributed by atoms with Gasteiger partial charge in [0.25, 0.3) is 0 Å². The highest BCUT2D eigenvalue weighted by Crippen LogP contribution is 2.25. The summed E-state index contributed by atoms with van der Waals surface area (Å²) in [5.41, 5.74) is 0.981. The highest BCUT2D eigenvalue weighted by molar-refractivity contribution is 9.10. The minimum atomic E-state index is 0.148. The molecule has 0 N–H and O–H groups in total. The van der Waals surface area contributed by atoms with E-state index in [1.807, 2.05) is 4.90 Å². The standard InChI is InChI=1S/C11H14BrN3O/c1-8(16)15-4-2-3-9(7-15)10-5-14-11(12)6-13-10/h5-6,9H,2-4,7H2,1H3. The topological polar surface area (TPSA) is 46.1 Å². The first-order valence-electron chi connectivity index (χ1n) is 5.40. The molecular weight excluding hydrogens is 270 g/mol. The Kier molecular flexibility index (Phi) is 3.53. The van der Waals surface area contributed by atoms with Crippen molar-refractivity contribution in [1.29, 1.82) is 0 Å². The summed E-state index contributed by atoms with van der Waals surface area (Å²) in [5, 5.41) is 0. The first-order chi connectivity index (χ1) is 7.66. The van der Waals surface area contributed by atoms with Crippen LogP contribution in [0.25, 0.3) is 0 Å². The molecule has 0 radical (unpaired) electrons. The van der Waals surface area contributed by atoms with Crippen molar-refractivity contribution in [3.05, 3.63) is 22.7 Å². The number of amides is 1. The van der Waals surface area contributed by atoms with Crippen LogP contribution >= 0.6 is 15.9 Å². The zero-order valence-corrected chi connectivity index (χ0v) is 10.8. The average Bonchev–Trinajstić information content (AvgIpc) is 2.30. The van der Waals surface area contributed by atoms with Gasteiger partial charge in [-0.15, -0.1) is 0 Å². The van der Waals surface area contributed by atoms with E-state index >= 15 is 0 Å². The predicted molar refractivity (Wildman–Crippen MR) is 64.0 cm³/mol. The fourth-order valence-corrected chi connectivity index (χ4v) is 2.24. The summed E-state index contributed by atoms with van der Waals surface area (Å²) in [6.07, 6.45) is 5.63. The van der Waals surface area contributed by atoms with E-state index in [2.05, 4.69) is 25.9 Å². The molecule has 86 valence electrons. The van der Waals surface area contributed by atoms with Gasteiger partial charge in [-0.05, 0) is 28.8 Å². The first-order valence-corrected chi connectivity index (χ1v) is 6.19. The molecule has 0 aromatic carbocycles. The lowest BCUT2D eigenvalue weighted by molar-refractivity contribution is -0.130. The molecule has 1 unspecified atom stereocenters. The van der Waals surface area contributed by atoms with E-state index in [4.69, 9.17) is 0 Å². The van der Waals surface area contributed by atoms with Crippen LogP contribution in [-0.4, -0.2) is 33.9 Å². The molecule has 1 fully saturated rings. The summed E-state index contributed by atoms with van der Waals surface area (Å²) in [4.78, 5) is 21.7. The van der Waals surface area contributed by atoms with E-state index in [1.165, 1.54) is 0 Å². The summed E-state index contributed by atoms with van der Waals surface area (Å²) in [5.74, 6) is 0.480. The monoisotopic (exact) mass is 283 g/mol. The van der Waals surface area contributed by atoms with Crippen LogP contribution in [0.1, 0.15) is 31.4 Å². The highest BCUT2D eigenvalue weighted by Gasteiger charge is 2.23. The number of halogens is 1. The van der Waals surface area contributed by atoms with Gasteiger partial charge < -0.3 is 4.90 Å². The van der Waals surface area contributed by atoms with Crippen LogP contribution in [0.15, 0.2) is 17.0 Å². The van der Waals surface area contributed by atoms with Crippen LogP contribution in [0.3, 0.4) is 0 Å². The Morgan fingerprint density at radius 3 is 2.94 bits per heavy atom. The SMILES string of the molecule is CC(=O)N1CCCC(c2cnc(Br)cn2)C1. The van der Waals surface area contributed by atoms with Crippen molar-refractivity contribution in [1.82, 2.24) is 14.9 Å². The first kappa shape index (κ1) is 11.5. The van der Waals surface area contributed by atoms with Crippen LogP contribution < -0.4 is 0 Å². The van der Waals surface area contributed by atoms with E-state index in [-0.39, 0.29) is 5.91 Å². The van der Waals surface area contributed by atoms with Gasteiger partial charge in [0.2, 0.25) is 5.91 Å². The van der Waals surface area contributed by atoms with Crippen LogP contribution in [0.4, 0.5) is 0 Å². The Hall–Kier alpha value is -0.970. The van der Waals surface area contributed by atoms with Crippen molar-refractivity contribution in [2.24, 2.45) is 0 Å². The fourth-order valence-electron chi connectivity index (χ4n) is 2.04. The quantitative estimate of drug-likeness (QED) is 0.792. The zero-order chi connectivity index (χ0) is 11.5. The summed E-state index contributed by atoms with van der Waals surface area (Å²) < 4.78 is 0.746. The maximum absolute atomic E-state index is 11.3. The second-order valence-corrected chi connectivity index (χ2v) is 4.88. The summed E-state index contributed by atoms with van der Waals surface area (Å²) in [6.45, 7) is 3.26. The second-order valence-electron chi connectivity index (χ2n) is 4.07. The van der Waals surface area contributed by atoms with Gasteiger partial charge in [0.1, 0.15) is 4.60 Å². The lowest BCUT2D eigenvalue weighted by Crippen LogP contribution is -2.37. The fraction of sp³-hybridized carbons (Fsp3) is 0.545. The smallest absolute Gasteiger partial charge is 0.219 e. The number of carbonyl (C=O) groups excluding carboxylic acids is 1. The minimum Gasteiger partial charge on any atom is -0.342 e. The van der Waals surface area contributed by atoms with Crippen molar-refractivity contribution in [3.63, 3.8) is 0 Å². The summed E-state index contributed by atoms with van der Waals surface area (Å²) in [6, 6.07) is 0. The van der Waals surface area contributed by atoms with Crippen LogP contribution in [-0.2, 0) is 4.79 Å². The summed E-state index contributed by atoms with van der Waals surface area (Å²) >= 11 is 3.27. The number of aromatic nitrogens is 2. The van der Waals surface area contributed by atoms with E-state index < -0.39 is 0 Å².